The lowest BCUT2D eigenvalue weighted by Crippen LogP contribution is -2.29. The minimum atomic E-state index is 0.0435. The molecule has 1 unspecified atom stereocenters. The SMILES string of the molecule is COc1ccc(Cl)cc1CC(NN)c1cc2sccc2s1. The zero-order valence-corrected chi connectivity index (χ0v) is 13.8. The van der Waals surface area contributed by atoms with Gasteiger partial charge in [-0.15, -0.1) is 22.7 Å². The first-order valence-corrected chi connectivity index (χ1v) is 8.54. The van der Waals surface area contributed by atoms with Gasteiger partial charge in [-0.05, 0) is 47.7 Å². The monoisotopic (exact) mass is 338 g/mol. The highest BCUT2D eigenvalue weighted by molar-refractivity contribution is 7.26. The van der Waals surface area contributed by atoms with E-state index in [0.717, 1.165) is 17.7 Å². The summed E-state index contributed by atoms with van der Waals surface area (Å²) in [5.74, 6) is 6.59. The minimum Gasteiger partial charge on any atom is -0.496 e. The molecule has 2 heterocycles. The van der Waals surface area contributed by atoms with Crippen molar-refractivity contribution in [2.24, 2.45) is 5.84 Å². The van der Waals surface area contributed by atoms with Crippen LogP contribution >= 0.6 is 34.3 Å². The summed E-state index contributed by atoms with van der Waals surface area (Å²) in [5.41, 5.74) is 3.95. The van der Waals surface area contributed by atoms with Gasteiger partial charge in [-0.1, -0.05) is 11.6 Å². The Bertz CT molecular complexity index is 725. The van der Waals surface area contributed by atoms with Gasteiger partial charge >= 0.3 is 0 Å². The minimum absolute atomic E-state index is 0.0435. The number of nitrogens with two attached hydrogens (primary N) is 1. The standard InChI is InChI=1S/C15H15ClN2OS2/c1-19-12-3-2-10(16)6-9(12)7-11(18-17)14-8-15-13(21-14)4-5-20-15/h2-6,8,11,18H,7,17H2,1H3. The van der Waals surface area contributed by atoms with Gasteiger partial charge in [0.1, 0.15) is 5.75 Å². The van der Waals surface area contributed by atoms with E-state index in [1.165, 1.54) is 14.3 Å². The van der Waals surface area contributed by atoms with Crippen molar-refractivity contribution in [1.82, 2.24) is 5.43 Å². The molecule has 3 rings (SSSR count). The van der Waals surface area contributed by atoms with Gasteiger partial charge < -0.3 is 4.74 Å². The molecule has 0 radical (unpaired) electrons. The summed E-state index contributed by atoms with van der Waals surface area (Å²) in [6.07, 6.45) is 0.730. The van der Waals surface area contributed by atoms with Crippen molar-refractivity contribution in [2.45, 2.75) is 12.5 Å². The van der Waals surface area contributed by atoms with Crippen LogP contribution in [0.15, 0.2) is 35.7 Å². The van der Waals surface area contributed by atoms with Crippen LogP contribution in [0.5, 0.6) is 5.75 Å². The Morgan fingerprint density at radius 3 is 2.86 bits per heavy atom. The number of methoxy groups -OCH3 is 1. The van der Waals surface area contributed by atoms with Crippen LogP contribution < -0.4 is 16.0 Å². The molecule has 1 aromatic carbocycles. The van der Waals surface area contributed by atoms with Crippen LogP contribution in [-0.2, 0) is 6.42 Å². The van der Waals surface area contributed by atoms with Crippen molar-refractivity contribution in [3.63, 3.8) is 0 Å². The van der Waals surface area contributed by atoms with E-state index in [4.69, 9.17) is 22.2 Å². The average Bonchev–Trinajstić information content (AvgIpc) is 3.06. The van der Waals surface area contributed by atoms with E-state index < -0.39 is 0 Å². The summed E-state index contributed by atoms with van der Waals surface area (Å²) in [5, 5.41) is 2.81. The van der Waals surface area contributed by atoms with Crippen molar-refractivity contribution in [3.05, 3.63) is 51.2 Å². The van der Waals surface area contributed by atoms with Crippen LogP contribution in [0, 0.1) is 0 Å². The highest BCUT2D eigenvalue weighted by atomic mass is 35.5. The van der Waals surface area contributed by atoms with Crippen molar-refractivity contribution in [3.8, 4) is 5.75 Å². The molecule has 1 atom stereocenters. The quantitative estimate of drug-likeness (QED) is 0.536. The van der Waals surface area contributed by atoms with Crippen LogP contribution in [-0.4, -0.2) is 7.11 Å². The fourth-order valence-corrected chi connectivity index (χ4v) is 4.70. The number of hydrogen-bond acceptors (Lipinski definition) is 5. The molecule has 3 N–H and O–H groups in total. The van der Waals surface area contributed by atoms with E-state index in [9.17, 15) is 0 Å². The molecule has 0 aliphatic rings. The number of rotatable bonds is 5. The summed E-state index contributed by atoms with van der Waals surface area (Å²) in [7, 11) is 1.67. The molecule has 2 aromatic heterocycles. The number of nitrogens with one attached hydrogen (secondary N) is 1. The molecule has 0 aliphatic carbocycles. The Balaban J connectivity index is 1.90. The highest BCUT2D eigenvalue weighted by Crippen LogP contribution is 2.35. The Morgan fingerprint density at radius 2 is 2.14 bits per heavy atom. The third-order valence-electron chi connectivity index (χ3n) is 3.37. The van der Waals surface area contributed by atoms with Crippen LogP contribution in [0.2, 0.25) is 5.02 Å². The molecule has 21 heavy (non-hydrogen) atoms. The van der Waals surface area contributed by atoms with Crippen molar-refractivity contribution >= 4 is 43.7 Å². The van der Waals surface area contributed by atoms with E-state index in [0.29, 0.717) is 5.02 Å². The highest BCUT2D eigenvalue weighted by Gasteiger charge is 2.17. The van der Waals surface area contributed by atoms with E-state index >= 15 is 0 Å². The van der Waals surface area contributed by atoms with E-state index in [2.05, 4.69) is 22.9 Å². The molecule has 0 fully saturated rings. The molecule has 0 saturated carbocycles. The first-order chi connectivity index (χ1) is 10.2. The molecule has 0 aliphatic heterocycles. The molecule has 3 aromatic rings. The first-order valence-electron chi connectivity index (χ1n) is 6.46. The van der Waals surface area contributed by atoms with Gasteiger partial charge in [0.15, 0.2) is 0 Å². The van der Waals surface area contributed by atoms with Crippen LogP contribution in [0.3, 0.4) is 0 Å². The Kier molecular flexibility index (Phi) is 4.47. The number of ether oxygens (including phenoxy) is 1. The normalized spacial score (nSPS) is 12.7. The lowest BCUT2D eigenvalue weighted by atomic mass is 10.0. The number of benzene rings is 1. The third-order valence-corrected chi connectivity index (χ3v) is 5.81. The van der Waals surface area contributed by atoms with E-state index in [-0.39, 0.29) is 6.04 Å². The largest absolute Gasteiger partial charge is 0.496 e. The molecular formula is C15H15ClN2OS2. The van der Waals surface area contributed by atoms with Gasteiger partial charge in [0.25, 0.3) is 0 Å². The second-order valence-electron chi connectivity index (χ2n) is 4.68. The summed E-state index contributed by atoms with van der Waals surface area (Å²) >= 11 is 9.61. The molecule has 110 valence electrons. The number of fused-ring (bicyclic) bond motifs is 1. The van der Waals surface area contributed by atoms with Gasteiger partial charge in [0.05, 0.1) is 13.2 Å². The lowest BCUT2D eigenvalue weighted by Gasteiger charge is -2.16. The van der Waals surface area contributed by atoms with Gasteiger partial charge in [0.2, 0.25) is 0 Å². The third kappa shape index (κ3) is 3.07. The average molecular weight is 339 g/mol. The second-order valence-corrected chi connectivity index (χ2v) is 7.18. The van der Waals surface area contributed by atoms with Crippen molar-refractivity contribution in [2.75, 3.05) is 7.11 Å². The van der Waals surface area contributed by atoms with Crippen molar-refractivity contribution in [1.29, 1.82) is 0 Å². The predicted molar refractivity (Wildman–Crippen MR) is 91.5 cm³/mol. The summed E-state index contributed by atoms with van der Waals surface area (Å²) in [4.78, 5) is 1.22. The van der Waals surface area contributed by atoms with Crippen LogP contribution in [0.25, 0.3) is 9.40 Å². The van der Waals surface area contributed by atoms with Crippen molar-refractivity contribution < 1.29 is 4.74 Å². The summed E-state index contributed by atoms with van der Waals surface area (Å²) in [6.45, 7) is 0. The zero-order valence-electron chi connectivity index (χ0n) is 11.4. The second kappa shape index (κ2) is 6.34. The number of hydrazine groups is 1. The zero-order chi connectivity index (χ0) is 14.8. The maximum atomic E-state index is 6.09. The first kappa shape index (κ1) is 14.8. The lowest BCUT2D eigenvalue weighted by molar-refractivity contribution is 0.406. The fraction of sp³-hybridized carbons (Fsp3) is 0.200. The maximum absolute atomic E-state index is 6.09. The Morgan fingerprint density at radius 1 is 1.29 bits per heavy atom. The molecule has 0 amide bonds. The molecule has 3 nitrogen and oxygen atoms in total. The van der Waals surface area contributed by atoms with Crippen LogP contribution in [0.1, 0.15) is 16.5 Å². The predicted octanol–water partition coefficient (Wildman–Crippen LogP) is 4.37. The van der Waals surface area contributed by atoms with Gasteiger partial charge in [-0.3, -0.25) is 11.3 Å². The van der Waals surface area contributed by atoms with Gasteiger partial charge in [-0.25, -0.2) is 0 Å². The smallest absolute Gasteiger partial charge is 0.122 e. The van der Waals surface area contributed by atoms with Gasteiger partial charge in [-0.2, -0.15) is 0 Å². The molecular weight excluding hydrogens is 324 g/mol. The van der Waals surface area contributed by atoms with Crippen LogP contribution in [0.4, 0.5) is 0 Å². The number of halogens is 1. The number of thiophene rings is 2. The van der Waals surface area contributed by atoms with Gasteiger partial charge in [0, 0.05) is 19.3 Å². The Labute approximate surface area is 136 Å². The van der Waals surface area contributed by atoms with E-state index in [1.54, 1.807) is 29.8 Å². The maximum Gasteiger partial charge on any atom is 0.122 e. The molecule has 0 saturated heterocycles. The topological polar surface area (TPSA) is 47.3 Å². The van der Waals surface area contributed by atoms with E-state index in [1.807, 2.05) is 18.2 Å². The molecule has 0 bridgehead atoms. The molecule has 6 heteroatoms. The summed E-state index contributed by atoms with van der Waals surface area (Å²) in [6, 6.07) is 10.0. The Hall–Kier alpha value is -1.11. The number of hydrogen-bond donors (Lipinski definition) is 2. The fourth-order valence-electron chi connectivity index (χ4n) is 2.32. The molecule has 0 spiro atoms. The summed E-state index contributed by atoms with van der Waals surface area (Å²) < 4.78 is 8.00.